The van der Waals surface area contributed by atoms with Crippen LogP contribution in [0.5, 0.6) is 0 Å². The van der Waals surface area contributed by atoms with E-state index in [4.69, 9.17) is 0 Å². The Morgan fingerprint density at radius 3 is 2.94 bits per heavy atom. The predicted molar refractivity (Wildman–Crippen MR) is 75.5 cm³/mol. The first kappa shape index (κ1) is 11.7. The molecule has 0 saturated heterocycles. The topological polar surface area (TPSA) is 24.9 Å². The smallest absolute Gasteiger partial charge is 0.0354 e. The Morgan fingerprint density at radius 1 is 1.33 bits per heavy atom. The maximum absolute atomic E-state index is 4.22. The molecule has 1 aliphatic rings. The van der Waals surface area contributed by atoms with Gasteiger partial charge >= 0.3 is 0 Å². The minimum atomic E-state index is 0.509. The second-order valence-corrected chi connectivity index (χ2v) is 5.17. The van der Waals surface area contributed by atoms with Crippen molar-refractivity contribution in [2.45, 2.75) is 32.2 Å². The number of benzene rings is 1. The van der Waals surface area contributed by atoms with Crippen LogP contribution in [0.4, 0.5) is 0 Å². The highest BCUT2D eigenvalue weighted by molar-refractivity contribution is 5.85. The molecular weight excluding hydrogens is 220 g/mol. The molecule has 1 fully saturated rings. The van der Waals surface area contributed by atoms with Gasteiger partial charge in [-0.25, -0.2) is 0 Å². The van der Waals surface area contributed by atoms with E-state index in [-0.39, 0.29) is 0 Å². The van der Waals surface area contributed by atoms with Crippen molar-refractivity contribution in [3.8, 4) is 0 Å². The molecule has 0 aliphatic heterocycles. The first-order chi connectivity index (χ1) is 8.90. The molecule has 18 heavy (non-hydrogen) atoms. The van der Waals surface area contributed by atoms with Crippen LogP contribution in [-0.4, -0.2) is 11.5 Å². The lowest BCUT2D eigenvalue weighted by atomic mass is 9.76. The Hall–Kier alpha value is -1.41. The van der Waals surface area contributed by atoms with Crippen LogP contribution < -0.4 is 5.32 Å². The van der Waals surface area contributed by atoms with Crippen molar-refractivity contribution in [1.82, 2.24) is 10.3 Å². The molecule has 1 atom stereocenters. The summed E-state index contributed by atoms with van der Waals surface area (Å²) >= 11 is 0. The number of rotatable bonds is 4. The summed E-state index contributed by atoms with van der Waals surface area (Å²) in [7, 11) is 0. The fourth-order valence-corrected chi connectivity index (χ4v) is 2.94. The zero-order valence-electron chi connectivity index (χ0n) is 10.9. The van der Waals surface area contributed by atoms with E-state index in [0.717, 1.165) is 12.5 Å². The lowest BCUT2D eigenvalue weighted by Gasteiger charge is -2.35. The van der Waals surface area contributed by atoms with Crippen LogP contribution in [0.3, 0.4) is 0 Å². The summed E-state index contributed by atoms with van der Waals surface area (Å²) < 4.78 is 0. The van der Waals surface area contributed by atoms with Crippen molar-refractivity contribution in [1.29, 1.82) is 0 Å². The largest absolute Gasteiger partial charge is 0.310 e. The van der Waals surface area contributed by atoms with Crippen molar-refractivity contribution in [3.63, 3.8) is 0 Å². The Balaban J connectivity index is 2.04. The van der Waals surface area contributed by atoms with Gasteiger partial charge in [0, 0.05) is 23.8 Å². The second-order valence-electron chi connectivity index (χ2n) is 5.17. The van der Waals surface area contributed by atoms with E-state index < -0.39 is 0 Å². The van der Waals surface area contributed by atoms with Gasteiger partial charge in [0.1, 0.15) is 0 Å². The standard InChI is InChI=1S/C16H20N2/c1-2-18-16(12-5-3-6-12)15-8-4-7-13-11-17-10-9-14(13)15/h4,7-12,16,18H,2-3,5-6H2,1H3. The first-order valence-corrected chi connectivity index (χ1v) is 6.96. The molecule has 1 aromatic carbocycles. The zero-order valence-corrected chi connectivity index (χ0v) is 10.9. The molecular formula is C16H20N2. The van der Waals surface area contributed by atoms with Crippen molar-refractivity contribution in [3.05, 3.63) is 42.2 Å². The average Bonchev–Trinajstić information content (AvgIpc) is 2.35. The van der Waals surface area contributed by atoms with Crippen LogP contribution >= 0.6 is 0 Å². The summed E-state index contributed by atoms with van der Waals surface area (Å²) in [6.45, 7) is 3.22. The molecule has 94 valence electrons. The van der Waals surface area contributed by atoms with Gasteiger partial charge in [-0.15, -0.1) is 0 Å². The third kappa shape index (κ3) is 2.01. The molecule has 1 aromatic heterocycles. The van der Waals surface area contributed by atoms with Crippen LogP contribution in [-0.2, 0) is 0 Å². The van der Waals surface area contributed by atoms with Gasteiger partial charge in [0.15, 0.2) is 0 Å². The van der Waals surface area contributed by atoms with E-state index in [1.54, 1.807) is 0 Å². The number of hydrogen-bond acceptors (Lipinski definition) is 2. The summed E-state index contributed by atoms with van der Waals surface area (Å²) in [4.78, 5) is 4.22. The Kier molecular flexibility index (Phi) is 3.28. The molecule has 1 N–H and O–H groups in total. The first-order valence-electron chi connectivity index (χ1n) is 6.96. The Bertz CT molecular complexity index is 526. The van der Waals surface area contributed by atoms with Gasteiger partial charge in [0.2, 0.25) is 0 Å². The van der Waals surface area contributed by atoms with E-state index in [2.05, 4.69) is 41.5 Å². The van der Waals surface area contributed by atoms with Gasteiger partial charge in [-0.05, 0) is 42.3 Å². The number of fused-ring (bicyclic) bond motifs is 1. The Labute approximate surface area is 108 Å². The molecule has 2 aromatic rings. The minimum absolute atomic E-state index is 0.509. The molecule has 2 heteroatoms. The van der Waals surface area contributed by atoms with Crippen LogP contribution in [0.1, 0.15) is 37.8 Å². The molecule has 0 amide bonds. The van der Waals surface area contributed by atoms with E-state index in [1.165, 1.54) is 35.6 Å². The highest BCUT2D eigenvalue weighted by Gasteiger charge is 2.28. The summed E-state index contributed by atoms with van der Waals surface area (Å²) in [6, 6.07) is 9.23. The number of pyridine rings is 1. The highest BCUT2D eigenvalue weighted by atomic mass is 14.9. The van der Waals surface area contributed by atoms with Gasteiger partial charge in [-0.1, -0.05) is 31.5 Å². The van der Waals surface area contributed by atoms with Gasteiger partial charge in [-0.2, -0.15) is 0 Å². The molecule has 3 rings (SSSR count). The van der Waals surface area contributed by atoms with E-state index in [1.807, 2.05) is 12.4 Å². The van der Waals surface area contributed by atoms with Gasteiger partial charge in [0.05, 0.1) is 0 Å². The van der Waals surface area contributed by atoms with E-state index in [9.17, 15) is 0 Å². The van der Waals surface area contributed by atoms with Crippen molar-refractivity contribution in [2.24, 2.45) is 5.92 Å². The second kappa shape index (κ2) is 5.07. The molecule has 0 spiro atoms. The summed E-state index contributed by atoms with van der Waals surface area (Å²) in [5.74, 6) is 0.809. The SMILES string of the molecule is CCNC(c1cccc2cnccc12)C1CCC1. The van der Waals surface area contributed by atoms with Crippen molar-refractivity contribution < 1.29 is 0 Å². The lowest BCUT2D eigenvalue weighted by molar-refractivity contribution is 0.234. The van der Waals surface area contributed by atoms with E-state index >= 15 is 0 Å². The summed E-state index contributed by atoms with van der Waals surface area (Å²) in [5, 5.41) is 6.27. The maximum Gasteiger partial charge on any atom is 0.0354 e. The van der Waals surface area contributed by atoms with Gasteiger partial charge in [0.25, 0.3) is 0 Å². The normalized spacial score (nSPS) is 17.6. The third-order valence-electron chi connectivity index (χ3n) is 4.09. The van der Waals surface area contributed by atoms with Gasteiger partial charge in [-0.3, -0.25) is 4.98 Å². The van der Waals surface area contributed by atoms with Crippen LogP contribution in [0, 0.1) is 5.92 Å². The molecule has 1 aliphatic carbocycles. The highest BCUT2D eigenvalue weighted by Crippen LogP contribution is 2.39. The van der Waals surface area contributed by atoms with Crippen LogP contribution in [0.15, 0.2) is 36.7 Å². The quantitative estimate of drug-likeness (QED) is 0.881. The molecule has 2 nitrogen and oxygen atoms in total. The number of nitrogens with zero attached hydrogens (tertiary/aromatic N) is 1. The number of aromatic nitrogens is 1. The van der Waals surface area contributed by atoms with Crippen LogP contribution in [0.25, 0.3) is 10.8 Å². The van der Waals surface area contributed by atoms with Crippen molar-refractivity contribution >= 4 is 10.8 Å². The fraction of sp³-hybridized carbons (Fsp3) is 0.438. The molecule has 0 radical (unpaired) electrons. The monoisotopic (exact) mass is 240 g/mol. The fourth-order valence-electron chi connectivity index (χ4n) is 2.94. The van der Waals surface area contributed by atoms with Crippen LogP contribution in [0.2, 0.25) is 0 Å². The van der Waals surface area contributed by atoms with Crippen molar-refractivity contribution in [2.75, 3.05) is 6.54 Å². The lowest BCUT2D eigenvalue weighted by Crippen LogP contribution is -2.32. The zero-order chi connectivity index (χ0) is 12.4. The average molecular weight is 240 g/mol. The molecule has 1 unspecified atom stereocenters. The summed E-state index contributed by atoms with van der Waals surface area (Å²) in [5.41, 5.74) is 1.45. The molecule has 1 saturated carbocycles. The molecule has 0 bridgehead atoms. The predicted octanol–water partition coefficient (Wildman–Crippen LogP) is 3.69. The number of nitrogens with one attached hydrogen (secondary N) is 1. The Morgan fingerprint density at radius 2 is 2.22 bits per heavy atom. The maximum atomic E-state index is 4.22. The van der Waals surface area contributed by atoms with Gasteiger partial charge < -0.3 is 5.32 Å². The molecule has 1 heterocycles. The minimum Gasteiger partial charge on any atom is -0.310 e. The van der Waals surface area contributed by atoms with E-state index in [0.29, 0.717) is 6.04 Å². The third-order valence-corrected chi connectivity index (χ3v) is 4.09. The number of hydrogen-bond donors (Lipinski definition) is 1. The summed E-state index contributed by atoms with van der Waals surface area (Å²) in [6.07, 6.45) is 7.97.